The summed E-state index contributed by atoms with van der Waals surface area (Å²) in [7, 11) is 0. The standard InChI is InChI=1S/C19H24N2O/c1-16-7-9-17(10-8-16)19(22)15-20-11-13-21(14-12-20)18-5-3-2-4-6-18/h2-10,19,22H,11-15H2,1H3/t19-/m1/s1. The number of hydrogen-bond acceptors (Lipinski definition) is 3. The summed E-state index contributed by atoms with van der Waals surface area (Å²) in [6.07, 6.45) is -0.399. The normalized spacial score (nSPS) is 17.5. The van der Waals surface area contributed by atoms with Crippen LogP contribution in [0.3, 0.4) is 0 Å². The Labute approximate surface area is 132 Å². The predicted molar refractivity (Wildman–Crippen MR) is 91.2 cm³/mol. The highest BCUT2D eigenvalue weighted by Gasteiger charge is 2.19. The second kappa shape index (κ2) is 6.95. The van der Waals surface area contributed by atoms with E-state index in [1.54, 1.807) is 0 Å². The van der Waals surface area contributed by atoms with E-state index in [9.17, 15) is 5.11 Å². The lowest BCUT2D eigenvalue weighted by molar-refractivity contribution is 0.109. The van der Waals surface area contributed by atoms with E-state index >= 15 is 0 Å². The number of rotatable bonds is 4. The van der Waals surface area contributed by atoms with E-state index in [1.165, 1.54) is 11.3 Å². The molecule has 3 rings (SSSR count). The number of aryl methyl sites for hydroxylation is 1. The fourth-order valence-electron chi connectivity index (χ4n) is 2.97. The van der Waals surface area contributed by atoms with Crippen LogP contribution in [0.15, 0.2) is 54.6 Å². The van der Waals surface area contributed by atoms with Crippen LogP contribution in [0.25, 0.3) is 0 Å². The average molecular weight is 296 g/mol. The Morgan fingerprint density at radius 3 is 2.18 bits per heavy atom. The quantitative estimate of drug-likeness (QED) is 0.940. The molecule has 3 heteroatoms. The van der Waals surface area contributed by atoms with E-state index in [1.807, 2.05) is 12.1 Å². The summed E-state index contributed by atoms with van der Waals surface area (Å²) in [5, 5.41) is 10.4. The molecule has 0 aromatic heterocycles. The molecule has 1 saturated heterocycles. The highest BCUT2D eigenvalue weighted by atomic mass is 16.3. The third-order valence-electron chi connectivity index (χ3n) is 4.39. The lowest BCUT2D eigenvalue weighted by atomic mass is 10.1. The molecule has 1 aliphatic heterocycles. The van der Waals surface area contributed by atoms with Crippen LogP contribution >= 0.6 is 0 Å². The van der Waals surface area contributed by atoms with Crippen molar-refractivity contribution in [2.45, 2.75) is 13.0 Å². The summed E-state index contributed by atoms with van der Waals surface area (Å²) in [5.41, 5.74) is 3.53. The molecule has 1 heterocycles. The number of nitrogens with zero attached hydrogens (tertiary/aromatic N) is 2. The molecule has 0 amide bonds. The molecule has 1 aliphatic rings. The van der Waals surface area contributed by atoms with E-state index in [-0.39, 0.29) is 0 Å². The lowest BCUT2D eigenvalue weighted by Crippen LogP contribution is -2.47. The lowest BCUT2D eigenvalue weighted by Gasteiger charge is -2.37. The second-order valence-corrected chi connectivity index (χ2v) is 6.05. The van der Waals surface area contributed by atoms with Crippen molar-refractivity contribution >= 4 is 5.69 Å². The first kappa shape index (κ1) is 15.1. The van der Waals surface area contributed by atoms with Crippen molar-refractivity contribution in [3.63, 3.8) is 0 Å². The van der Waals surface area contributed by atoms with Crippen molar-refractivity contribution in [2.75, 3.05) is 37.6 Å². The number of aliphatic hydroxyl groups is 1. The molecule has 22 heavy (non-hydrogen) atoms. The number of piperazine rings is 1. The van der Waals surface area contributed by atoms with Crippen molar-refractivity contribution in [3.8, 4) is 0 Å². The maximum atomic E-state index is 10.4. The molecule has 2 aromatic carbocycles. The molecule has 3 nitrogen and oxygen atoms in total. The first-order valence-electron chi connectivity index (χ1n) is 7.99. The molecule has 0 bridgehead atoms. The highest BCUT2D eigenvalue weighted by Crippen LogP contribution is 2.19. The third-order valence-corrected chi connectivity index (χ3v) is 4.39. The molecule has 2 aromatic rings. The largest absolute Gasteiger partial charge is 0.387 e. The predicted octanol–water partition coefficient (Wildman–Crippen LogP) is 2.85. The summed E-state index contributed by atoms with van der Waals surface area (Å²) in [4.78, 5) is 4.76. The van der Waals surface area contributed by atoms with Gasteiger partial charge >= 0.3 is 0 Å². The van der Waals surface area contributed by atoms with E-state index in [4.69, 9.17) is 0 Å². The number of para-hydroxylation sites is 1. The van der Waals surface area contributed by atoms with Gasteiger partial charge in [-0.05, 0) is 24.6 Å². The smallest absolute Gasteiger partial charge is 0.0916 e. The van der Waals surface area contributed by atoms with E-state index < -0.39 is 6.10 Å². The van der Waals surface area contributed by atoms with Gasteiger partial charge in [0.1, 0.15) is 0 Å². The van der Waals surface area contributed by atoms with Gasteiger partial charge in [0.2, 0.25) is 0 Å². The summed E-state index contributed by atoms with van der Waals surface area (Å²) in [5.74, 6) is 0. The topological polar surface area (TPSA) is 26.7 Å². The minimum Gasteiger partial charge on any atom is -0.387 e. The molecular formula is C19H24N2O. The monoisotopic (exact) mass is 296 g/mol. The molecular weight excluding hydrogens is 272 g/mol. The van der Waals surface area contributed by atoms with Gasteiger partial charge < -0.3 is 10.0 Å². The molecule has 1 N–H and O–H groups in total. The molecule has 0 radical (unpaired) electrons. The van der Waals surface area contributed by atoms with Gasteiger partial charge in [0, 0.05) is 38.4 Å². The SMILES string of the molecule is Cc1ccc([C@H](O)CN2CCN(c3ccccc3)CC2)cc1. The number of benzene rings is 2. The number of aliphatic hydroxyl groups excluding tert-OH is 1. The van der Waals surface area contributed by atoms with E-state index in [0.29, 0.717) is 6.54 Å². The van der Waals surface area contributed by atoms with Gasteiger partial charge in [0.25, 0.3) is 0 Å². The second-order valence-electron chi connectivity index (χ2n) is 6.05. The van der Waals surface area contributed by atoms with Crippen LogP contribution in [0.5, 0.6) is 0 Å². The average Bonchev–Trinajstić information content (AvgIpc) is 2.57. The van der Waals surface area contributed by atoms with Crippen LogP contribution in [0, 0.1) is 6.92 Å². The summed E-state index contributed by atoms with van der Waals surface area (Å²) < 4.78 is 0. The van der Waals surface area contributed by atoms with Gasteiger partial charge in [-0.3, -0.25) is 4.90 Å². The Hall–Kier alpha value is -1.84. The molecule has 1 fully saturated rings. The first-order chi connectivity index (χ1) is 10.7. The van der Waals surface area contributed by atoms with Crippen LogP contribution in [-0.4, -0.2) is 42.7 Å². The Morgan fingerprint density at radius 2 is 1.55 bits per heavy atom. The van der Waals surface area contributed by atoms with Gasteiger partial charge in [-0.1, -0.05) is 48.0 Å². The minimum absolute atomic E-state index is 0.399. The van der Waals surface area contributed by atoms with Gasteiger partial charge in [-0.15, -0.1) is 0 Å². The molecule has 116 valence electrons. The molecule has 0 unspecified atom stereocenters. The van der Waals surface area contributed by atoms with Crippen molar-refractivity contribution in [1.29, 1.82) is 0 Å². The minimum atomic E-state index is -0.399. The van der Waals surface area contributed by atoms with Gasteiger partial charge in [-0.2, -0.15) is 0 Å². The number of anilines is 1. The van der Waals surface area contributed by atoms with E-state index in [2.05, 4.69) is 59.2 Å². The Morgan fingerprint density at radius 1 is 0.909 bits per heavy atom. The fraction of sp³-hybridized carbons (Fsp3) is 0.368. The fourth-order valence-corrected chi connectivity index (χ4v) is 2.97. The van der Waals surface area contributed by atoms with Gasteiger partial charge in [0.05, 0.1) is 6.10 Å². The van der Waals surface area contributed by atoms with Crippen molar-refractivity contribution < 1.29 is 5.11 Å². The molecule has 0 aliphatic carbocycles. The Bertz CT molecular complexity index is 574. The van der Waals surface area contributed by atoms with Gasteiger partial charge in [0.15, 0.2) is 0 Å². The van der Waals surface area contributed by atoms with Crippen LogP contribution in [0.2, 0.25) is 0 Å². The maximum absolute atomic E-state index is 10.4. The molecule has 1 atom stereocenters. The molecule has 0 spiro atoms. The zero-order valence-corrected chi connectivity index (χ0v) is 13.2. The summed E-state index contributed by atoms with van der Waals surface area (Å²) in [6.45, 7) is 6.82. The summed E-state index contributed by atoms with van der Waals surface area (Å²) in [6, 6.07) is 18.7. The molecule has 0 saturated carbocycles. The van der Waals surface area contributed by atoms with Crippen LogP contribution in [0.4, 0.5) is 5.69 Å². The zero-order chi connectivity index (χ0) is 15.4. The number of β-amino-alcohol motifs (C(OH)–C–C–N with tert-alkyl or cyclic N) is 1. The van der Waals surface area contributed by atoms with Crippen LogP contribution < -0.4 is 4.90 Å². The van der Waals surface area contributed by atoms with Crippen LogP contribution in [0.1, 0.15) is 17.2 Å². The Kier molecular flexibility index (Phi) is 4.76. The van der Waals surface area contributed by atoms with Gasteiger partial charge in [-0.25, -0.2) is 0 Å². The third kappa shape index (κ3) is 3.67. The first-order valence-corrected chi connectivity index (χ1v) is 7.99. The summed E-state index contributed by atoms with van der Waals surface area (Å²) >= 11 is 0. The van der Waals surface area contributed by atoms with Crippen molar-refractivity contribution in [3.05, 3.63) is 65.7 Å². The Balaban J connectivity index is 1.52. The highest BCUT2D eigenvalue weighted by molar-refractivity contribution is 5.46. The van der Waals surface area contributed by atoms with Crippen molar-refractivity contribution in [2.24, 2.45) is 0 Å². The number of hydrogen-bond donors (Lipinski definition) is 1. The van der Waals surface area contributed by atoms with Crippen LogP contribution in [-0.2, 0) is 0 Å². The maximum Gasteiger partial charge on any atom is 0.0916 e. The zero-order valence-electron chi connectivity index (χ0n) is 13.2. The van der Waals surface area contributed by atoms with E-state index in [0.717, 1.165) is 31.7 Å². The van der Waals surface area contributed by atoms with Crippen molar-refractivity contribution in [1.82, 2.24) is 4.90 Å².